The number of rotatable bonds is 4. The number of aromatic nitrogens is 6. The van der Waals surface area contributed by atoms with Crippen LogP contribution in [0.3, 0.4) is 0 Å². The number of pyridine rings is 1. The molecule has 1 amide bonds. The number of halogens is 1. The third kappa shape index (κ3) is 3.82. The normalized spacial score (nSPS) is 13.0. The Hall–Kier alpha value is -4.21. The largest absolute Gasteiger partial charge is 0.340 e. The van der Waals surface area contributed by atoms with Crippen molar-refractivity contribution in [3.05, 3.63) is 77.8 Å². The van der Waals surface area contributed by atoms with Crippen LogP contribution in [-0.4, -0.2) is 47.7 Å². The van der Waals surface area contributed by atoms with E-state index in [1.54, 1.807) is 29.4 Å². The number of H-pyrrole nitrogens is 1. The summed E-state index contributed by atoms with van der Waals surface area (Å²) in [5, 5.41) is 13.2. The highest BCUT2D eigenvalue weighted by molar-refractivity contribution is 5.92. The fourth-order valence-electron chi connectivity index (χ4n) is 3.49. The fourth-order valence-corrected chi connectivity index (χ4v) is 3.49. The van der Waals surface area contributed by atoms with Crippen LogP contribution < -0.4 is 5.32 Å². The molecule has 0 saturated carbocycles. The molecule has 0 fully saturated rings. The van der Waals surface area contributed by atoms with Gasteiger partial charge in [-0.15, -0.1) is 0 Å². The van der Waals surface area contributed by atoms with Gasteiger partial charge in [0.1, 0.15) is 11.6 Å². The van der Waals surface area contributed by atoms with Crippen molar-refractivity contribution >= 4 is 17.4 Å². The Bertz CT molecular complexity index is 1230. The predicted octanol–water partition coefficient (Wildman–Crippen LogP) is 2.74. The molecule has 0 bridgehead atoms. The first-order valence-electron chi connectivity index (χ1n) is 9.65. The zero-order valence-electron chi connectivity index (χ0n) is 16.3. The van der Waals surface area contributed by atoms with Gasteiger partial charge in [-0.1, -0.05) is 6.07 Å². The Morgan fingerprint density at radius 3 is 2.81 bits per heavy atom. The zero-order chi connectivity index (χ0) is 21.2. The first kappa shape index (κ1) is 18.8. The van der Waals surface area contributed by atoms with Crippen LogP contribution >= 0.6 is 0 Å². The van der Waals surface area contributed by atoms with Gasteiger partial charge in [0.15, 0.2) is 11.5 Å². The summed E-state index contributed by atoms with van der Waals surface area (Å²) in [4.78, 5) is 27.9. The third-order valence-corrected chi connectivity index (χ3v) is 5.01. The van der Waals surface area contributed by atoms with Gasteiger partial charge in [-0.05, 0) is 30.3 Å². The number of carbonyl (C=O) groups is 1. The smallest absolute Gasteiger partial charge is 0.276 e. The molecule has 2 N–H and O–H groups in total. The van der Waals surface area contributed by atoms with Gasteiger partial charge < -0.3 is 10.2 Å². The topological polar surface area (TPSA) is 113 Å². The summed E-state index contributed by atoms with van der Waals surface area (Å²) in [5.41, 5.74) is 3.25. The van der Waals surface area contributed by atoms with Gasteiger partial charge in [0.05, 0.1) is 18.4 Å². The Balaban J connectivity index is 1.55. The van der Waals surface area contributed by atoms with Crippen LogP contribution in [0.4, 0.5) is 15.9 Å². The number of hydrogen-bond donors (Lipinski definition) is 2. The van der Waals surface area contributed by atoms with Crippen LogP contribution in [0.15, 0.2) is 55.0 Å². The van der Waals surface area contributed by atoms with Crippen molar-refractivity contribution in [2.24, 2.45) is 0 Å². The van der Waals surface area contributed by atoms with Gasteiger partial charge in [-0.25, -0.2) is 14.4 Å². The molecular weight excluding hydrogens is 399 g/mol. The van der Waals surface area contributed by atoms with Crippen molar-refractivity contribution in [1.29, 1.82) is 0 Å². The van der Waals surface area contributed by atoms with E-state index in [-0.39, 0.29) is 17.4 Å². The molecule has 0 spiro atoms. The molecule has 1 aromatic carbocycles. The molecule has 10 heteroatoms. The first-order valence-corrected chi connectivity index (χ1v) is 9.65. The second-order valence-corrected chi connectivity index (χ2v) is 7.02. The van der Waals surface area contributed by atoms with Gasteiger partial charge in [0.25, 0.3) is 5.91 Å². The van der Waals surface area contributed by atoms with Crippen molar-refractivity contribution < 1.29 is 9.18 Å². The van der Waals surface area contributed by atoms with E-state index in [0.29, 0.717) is 36.8 Å². The summed E-state index contributed by atoms with van der Waals surface area (Å²) in [5.74, 6) is 0.482. The summed E-state index contributed by atoms with van der Waals surface area (Å²) in [6.07, 6.45) is 5.30. The van der Waals surface area contributed by atoms with E-state index >= 15 is 0 Å². The molecule has 4 heterocycles. The van der Waals surface area contributed by atoms with E-state index in [1.165, 1.54) is 18.3 Å². The number of hydrogen-bond acceptors (Lipinski definition) is 7. The quantitative estimate of drug-likeness (QED) is 0.526. The standard InChI is InChI=1S/C21H17FN8O/c22-14-2-1-3-15(10-14)25-20-16-12-30(21(31)18-11-24-29-28-18)9-6-17(16)26-19(27-20)13-4-7-23-8-5-13/h1-5,7-8,10-11H,6,9,12H2,(H,24,28,29)(H,25,26,27). The van der Waals surface area contributed by atoms with E-state index in [0.717, 1.165) is 16.8 Å². The number of aromatic amines is 1. The molecule has 0 radical (unpaired) electrons. The molecule has 31 heavy (non-hydrogen) atoms. The Kier molecular flexibility index (Phi) is 4.79. The van der Waals surface area contributed by atoms with Gasteiger partial charge in [-0.2, -0.15) is 15.4 Å². The SMILES string of the molecule is O=C(c1cn[nH]n1)N1CCc2nc(-c3ccncc3)nc(Nc3cccc(F)c3)c2C1. The van der Waals surface area contributed by atoms with Crippen LogP contribution in [0.1, 0.15) is 21.7 Å². The van der Waals surface area contributed by atoms with Crippen LogP contribution in [0.5, 0.6) is 0 Å². The fraction of sp³-hybridized carbons (Fsp3) is 0.143. The van der Waals surface area contributed by atoms with Crippen molar-refractivity contribution in [3.8, 4) is 11.4 Å². The Morgan fingerprint density at radius 2 is 2.03 bits per heavy atom. The second kappa shape index (κ2) is 7.90. The highest BCUT2D eigenvalue weighted by Crippen LogP contribution is 2.30. The third-order valence-electron chi connectivity index (χ3n) is 5.01. The van der Waals surface area contributed by atoms with Crippen LogP contribution in [-0.2, 0) is 13.0 Å². The van der Waals surface area contributed by atoms with Crippen molar-refractivity contribution in [1.82, 2.24) is 35.3 Å². The lowest BCUT2D eigenvalue weighted by molar-refractivity contribution is 0.0728. The summed E-state index contributed by atoms with van der Waals surface area (Å²) >= 11 is 0. The number of anilines is 2. The lowest BCUT2D eigenvalue weighted by atomic mass is 10.0. The van der Waals surface area contributed by atoms with Crippen LogP contribution in [0.25, 0.3) is 11.4 Å². The van der Waals surface area contributed by atoms with E-state index in [9.17, 15) is 9.18 Å². The average Bonchev–Trinajstić information content (AvgIpc) is 3.34. The second-order valence-electron chi connectivity index (χ2n) is 7.02. The maximum atomic E-state index is 13.7. The van der Waals surface area contributed by atoms with Crippen molar-refractivity contribution in [2.75, 3.05) is 11.9 Å². The highest BCUT2D eigenvalue weighted by Gasteiger charge is 2.27. The van der Waals surface area contributed by atoms with Crippen LogP contribution in [0.2, 0.25) is 0 Å². The van der Waals surface area contributed by atoms with Gasteiger partial charge in [0, 0.05) is 42.2 Å². The number of benzene rings is 1. The lowest BCUT2D eigenvalue weighted by Crippen LogP contribution is -2.37. The number of amides is 1. The minimum absolute atomic E-state index is 0.227. The van der Waals surface area contributed by atoms with Crippen molar-refractivity contribution in [3.63, 3.8) is 0 Å². The molecule has 3 aromatic heterocycles. The summed E-state index contributed by atoms with van der Waals surface area (Å²) in [6.45, 7) is 0.792. The molecule has 0 atom stereocenters. The summed E-state index contributed by atoms with van der Waals surface area (Å²) in [6, 6.07) is 9.80. The van der Waals surface area contributed by atoms with Crippen LogP contribution in [0, 0.1) is 5.82 Å². The van der Waals surface area contributed by atoms with Gasteiger partial charge in [0.2, 0.25) is 0 Å². The Morgan fingerprint density at radius 1 is 1.16 bits per heavy atom. The number of nitrogens with one attached hydrogen (secondary N) is 2. The summed E-state index contributed by atoms with van der Waals surface area (Å²) < 4.78 is 13.7. The summed E-state index contributed by atoms with van der Waals surface area (Å²) in [7, 11) is 0. The minimum Gasteiger partial charge on any atom is -0.340 e. The molecule has 5 rings (SSSR count). The van der Waals surface area contributed by atoms with E-state index in [2.05, 4.69) is 25.7 Å². The molecule has 154 valence electrons. The monoisotopic (exact) mass is 416 g/mol. The molecule has 0 unspecified atom stereocenters. The van der Waals surface area contributed by atoms with Crippen molar-refractivity contribution in [2.45, 2.75) is 13.0 Å². The minimum atomic E-state index is -0.356. The number of fused-ring (bicyclic) bond motifs is 1. The molecular formula is C21H17FN8O. The highest BCUT2D eigenvalue weighted by atomic mass is 19.1. The molecule has 4 aromatic rings. The number of nitrogens with zero attached hydrogens (tertiary/aromatic N) is 6. The maximum absolute atomic E-state index is 13.7. The predicted molar refractivity (Wildman–Crippen MR) is 110 cm³/mol. The van der Waals surface area contributed by atoms with E-state index in [4.69, 9.17) is 9.97 Å². The molecule has 9 nitrogen and oxygen atoms in total. The van der Waals surface area contributed by atoms with Gasteiger partial charge in [-0.3, -0.25) is 9.78 Å². The number of carbonyl (C=O) groups excluding carboxylic acids is 1. The molecule has 1 aliphatic heterocycles. The average molecular weight is 416 g/mol. The van der Waals surface area contributed by atoms with E-state index < -0.39 is 0 Å². The van der Waals surface area contributed by atoms with Gasteiger partial charge >= 0.3 is 0 Å². The maximum Gasteiger partial charge on any atom is 0.276 e. The molecule has 1 aliphatic rings. The molecule has 0 saturated heterocycles. The lowest BCUT2D eigenvalue weighted by Gasteiger charge is -2.29. The Labute approximate surface area is 176 Å². The van der Waals surface area contributed by atoms with E-state index in [1.807, 2.05) is 12.1 Å². The molecule has 0 aliphatic carbocycles. The zero-order valence-corrected chi connectivity index (χ0v) is 16.3. The first-order chi connectivity index (χ1) is 15.2.